The summed E-state index contributed by atoms with van der Waals surface area (Å²) in [5.41, 5.74) is 1.55. The predicted molar refractivity (Wildman–Crippen MR) is 73.1 cm³/mol. The molecule has 0 radical (unpaired) electrons. The standard InChI is InChI=1S/C14H14N4O3/c19-15-7-13-3-1-5-17(9-13)11-21-12-18-6-2-4-14(10-18)8-16-20/h1-10H,11-12H2/p+2/b15-7+,16-8+. The highest BCUT2D eigenvalue weighted by Crippen LogP contribution is 1.91. The fourth-order valence-electron chi connectivity index (χ4n) is 1.78. The minimum atomic E-state index is 0.360. The lowest BCUT2D eigenvalue weighted by Crippen LogP contribution is -2.40. The highest BCUT2D eigenvalue weighted by molar-refractivity contribution is 5.78. The maximum absolute atomic E-state index is 8.50. The molecule has 2 aromatic heterocycles. The van der Waals surface area contributed by atoms with Gasteiger partial charge < -0.3 is 10.4 Å². The maximum atomic E-state index is 8.50. The zero-order chi connectivity index (χ0) is 14.9. The number of rotatable bonds is 6. The van der Waals surface area contributed by atoms with Crippen molar-refractivity contribution in [3.8, 4) is 0 Å². The summed E-state index contributed by atoms with van der Waals surface area (Å²) >= 11 is 0. The second-order valence-electron chi connectivity index (χ2n) is 4.25. The Hall–Kier alpha value is -2.80. The van der Waals surface area contributed by atoms with E-state index in [1.165, 1.54) is 12.4 Å². The van der Waals surface area contributed by atoms with Crippen molar-refractivity contribution in [1.82, 2.24) is 0 Å². The highest BCUT2D eigenvalue weighted by atomic mass is 16.5. The minimum Gasteiger partial charge on any atom is -0.411 e. The van der Waals surface area contributed by atoms with Crippen molar-refractivity contribution in [3.63, 3.8) is 0 Å². The lowest BCUT2D eigenvalue weighted by Gasteiger charge is -1.99. The topological polar surface area (TPSA) is 82.2 Å². The lowest BCUT2D eigenvalue weighted by molar-refractivity contribution is -0.788. The molecule has 0 saturated carbocycles. The number of aromatic nitrogens is 2. The average Bonchev–Trinajstić information content (AvgIpc) is 2.49. The summed E-state index contributed by atoms with van der Waals surface area (Å²) in [4.78, 5) is 0. The molecule has 0 unspecified atom stereocenters. The number of hydrogen-bond acceptors (Lipinski definition) is 5. The van der Waals surface area contributed by atoms with Crippen LogP contribution in [0.4, 0.5) is 0 Å². The molecular formula is C14H16N4O3+2. The summed E-state index contributed by atoms with van der Waals surface area (Å²) in [5, 5.41) is 23.0. The fraction of sp³-hybridized carbons (Fsp3) is 0.143. The van der Waals surface area contributed by atoms with E-state index >= 15 is 0 Å². The summed E-state index contributed by atoms with van der Waals surface area (Å²) in [6.07, 6.45) is 10.0. The highest BCUT2D eigenvalue weighted by Gasteiger charge is 2.05. The summed E-state index contributed by atoms with van der Waals surface area (Å²) in [6.45, 7) is 0.719. The molecule has 21 heavy (non-hydrogen) atoms. The molecule has 0 bridgehead atoms. The van der Waals surface area contributed by atoms with Crippen LogP contribution in [0.25, 0.3) is 0 Å². The maximum Gasteiger partial charge on any atom is 0.257 e. The molecule has 2 rings (SSSR count). The first-order valence-electron chi connectivity index (χ1n) is 6.22. The van der Waals surface area contributed by atoms with Gasteiger partial charge in [0.15, 0.2) is 24.8 Å². The Morgan fingerprint density at radius 1 is 0.905 bits per heavy atom. The van der Waals surface area contributed by atoms with E-state index in [-0.39, 0.29) is 0 Å². The normalized spacial score (nSPS) is 11.4. The largest absolute Gasteiger partial charge is 0.411 e. The van der Waals surface area contributed by atoms with Crippen LogP contribution in [0.15, 0.2) is 59.4 Å². The van der Waals surface area contributed by atoms with Crippen molar-refractivity contribution in [2.24, 2.45) is 10.3 Å². The quantitative estimate of drug-likeness (QED) is 0.352. The van der Waals surface area contributed by atoms with Gasteiger partial charge in [-0.3, -0.25) is 4.74 Å². The molecule has 0 aromatic carbocycles. The van der Waals surface area contributed by atoms with Crippen molar-refractivity contribution >= 4 is 12.4 Å². The number of pyridine rings is 2. The monoisotopic (exact) mass is 288 g/mol. The molecule has 0 saturated heterocycles. The van der Waals surface area contributed by atoms with Crippen molar-refractivity contribution in [2.45, 2.75) is 13.5 Å². The smallest absolute Gasteiger partial charge is 0.257 e. The zero-order valence-corrected chi connectivity index (χ0v) is 11.3. The van der Waals surface area contributed by atoms with Crippen LogP contribution in [-0.2, 0) is 18.2 Å². The van der Waals surface area contributed by atoms with Gasteiger partial charge in [-0.25, -0.2) is 0 Å². The van der Waals surface area contributed by atoms with Gasteiger partial charge >= 0.3 is 0 Å². The van der Waals surface area contributed by atoms with Crippen LogP contribution in [0.3, 0.4) is 0 Å². The molecule has 108 valence electrons. The molecule has 0 atom stereocenters. The van der Waals surface area contributed by atoms with Gasteiger partial charge in [0.05, 0.1) is 23.6 Å². The lowest BCUT2D eigenvalue weighted by atomic mass is 10.3. The summed E-state index contributed by atoms with van der Waals surface area (Å²) in [6, 6.07) is 7.32. The third-order valence-corrected chi connectivity index (χ3v) is 2.66. The molecule has 0 aliphatic carbocycles. The molecule has 0 aliphatic rings. The first-order chi connectivity index (χ1) is 10.3. The molecular weight excluding hydrogens is 272 g/mol. The Morgan fingerprint density at radius 2 is 1.38 bits per heavy atom. The van der Waals surface area contributed by atoms with E-state index in [0.29, 0.717) is 13.5 Å². The van der Waals surface area contributed by atoms with Crippen molar-refractivity contribution in [3.05, 3.63) is 60.2 Å². The Kier molecular flexibility index (Phi) is 5.36. The van der Waals surface area contributed by atoms with Gasteiger partial charge in [0, 0.05) is 12.1 Å². The third kappa shape index (κ3) is 4.66. The molecule has 2 heterocycles. The van der Waals surface area contributed by atoms with Crippen LogP contribution in [-0.4, -0.2) is 22.8 Å². The van der Waals surface area contributed by atoms with Crippen molar-refractivity contribution in [2.75, 3.05) is 0 Å². The molecule has 0 amide bonds. The first kappa shape index (κ1) is 14.6. The molecule has 2 N–H and O–H groups in total. The zero-order valence-electron chi connectivity index (χ0n) is 11.3. The van der Waals surface area contributed by atoms with E-state index in [2.05, 4.69) is 10.3 Å². The van der Waals surface area contributed by atoms with Gasteiger partial charge in [0.2, 0.25) is 0 Å². The Balaban J connectivity index is 1.92. The molecule has 7 nitrogen and oxygen atoms in total. The van der Waals surface area contributed by atoms with Gasteiger partial charge in [-0.05, 0) is 12.1 Å². The number of ether oxygens (including phenoxy) is 1. The Morgan fingerprint density at radius 3 is 1.81 bits per heavy atom. The van der Waals surface area contributed by atoms with E-state index in [4.69, 9.17) is 15.2 Å². The number of nitrogens with zero attached hydrogens (tertiary/aromatic N) is 4. The van der Waals surface area contributed by atoms with Crippen LogP contribution in [0.1, 0.15) is 11.1 Å². The summed E-state index contributed by atoms with van der Waals surface area (Å²) in [7, 11) is 0. The van der Waals surface area contributed by atoms with Crippen LogP contribution < -0.4 is 9.13 Å². The van der Waals surface area contributed by atoms with Crippen molar-refractivity contribution in [1.29, 1.82) is 0 Å². The molecule has 7 heteroatoms. The van der Waals surface area contributed by atoms with E-state index in [1.54, 1.807) is 12.4 Å². The van der Waals surface area contributed by atoms with Gasteiger partial charge in [0.1, 0.15) is 0 Å². The van der Waals surface area contributed by atoms with E-state index in [0.717, 1.165) is 11.1 Å². The van der Waals surface area contributed by atoms with E-state index < -0.39 is 0 Å². The number of hydrogen-bond donors (Lipinski definition) is 2. The SMILES string of the molecule is O/N=C/c1ccc[n+](COC[n+]2cccc(/C=N/O)c2)c1. The van der Waals surface area contributed by atoms with Crippen LogP contribution in [0.2, 0.25) is 0 Å². The average molecular weight is 288 g/mol. The van der Waals surface area contributed by atoms with Crippen LogP contribution in [0.5, 0.6) is 0 Å². The number of oxime groups is 2. The van der Waals surface area contributed by atoms with Gasteiger partial charge in [0.25, 0.3) is 13.5 Å². The second kappa shape index (κ2) is 7.71. The van der Waals surface area contributed by atoms with E-state index in [1.807, 2.05) is 45.8 Å². The Bertz CT molecular complexity index is 588. The molecule has 2 aromatic rings. The third-order valence-electron chi connectivity index (χ3n) is 2.66. The summed E-state index contributed by atoms with van der Waals surface area (Å²) in [5.74, 6) is 0. The fourth-order valence-corrected chi connectivity index (χ4v) is 1.78. The predicted octanol–water partition coefficient (Wildman–Crippen LogP) is 0.510. The van der Waals surface area contributed by atoms with Gasteiger partial charge in [-0.2, -0.15) is 9.13 Å². The van der Waals surface area contributed by atoms with Crippen molar-refractivity contribution < 1.29 is 24.3 Å². The Labute approximate surface area is 121 Å². The van der Waals surface area contributed by atoms with E-state index in [9.17, 15) is 0 Å². The molecule has 0 aliphatic heterocycles. The molecule has 0 spiro atoms. The minimum absolute atomic E-state index is 0.360. The van der Waals surface area contributed by atoms with Gasteiger partial charge in [-0.1, -0.05) is 10.3 Å². The summed E-state index contributed by atoms with van der Waals surface area (Å²) < 4.78 is 9.24. The second-order valence-corrected chi connectivity index (χ2v) is 4.25. The first-order valence-corrected chi connectivity index (χ1v) is 6.22. The van der Waals surface area contributed by atoms with Crippen LogP contribution >= 0.6 is 0 Å². The molecule has 0 fully saturated rings. The van der Waals surface area contributed by atoms with Crippen LogP contribution in [0, 0.1) is 0 Å². The van der Waals surface area contributed by atoms with Gasteiger partial charge in [-0.15, -0.1) is 0 Å².